The number of ether oxygens (including phenoxy) is 2. The number of carbonyl (C=O) groups is 1. The van der Waals surface area contributed by atoms with Crippen molar-refractivity contribution in [2.24, 2.45) is 7.05 Å². The highest BCUT2D eigenvalue weighted by atomic mass is 19.1. The van der Waals surface area contributed by atoms with E-state index in [0.717, 1.165) is 18.7 Å². The molecular weight excluding hydrogens is 560 g/mol. The third-order valence-electron chi connectivity index (χ3n) is 6.37. The van der Waals surface area contributed by atoms with Gasteiger partial charge in [-0.25, -0.2) is 13.8 Å². The molecule has 2 N–H and O–H groups in total. The van der Waals surface area contributed by atoms with Crippen molar-refractivity contribution in [3.05, 3.63) is 64.6 Å². The molecule has 0 unspecified atom stereocenters. The molecule has 2 heterocycles. The van der Waals surface area contributed by atoms with E-state index in [1.54, 1.807) is 19.1 Å². The predicted octanol–water partition coefficient (Wildman–Crippen LogP) is 4.11. The number of fused-ring (bicyclic) bond motifs is 1. The molecule has 0 atom stereocenters. The van der Waals surface area contributed by atoms with Crippen molar-refractivity contribution in [2.45, 2.75) is 6.92 Å². The average Bonchev–Trinajstić information content (AvgIpc) is 2.96. The largest absolute Gasteiger partial charge is 0.494 e. The number of hydrogen-bond acceptors (Lipinski definition) is 9. The molecule has 0 bridgehead atoms. The lowest BCUT2D eigenvalue weighted by Gasteiger charge is -2.25. The van der Waals surface area contributed by atoms with Crippen LogP contribution in [0.15, 0.2) is 47.4 Å². The Balaban J connectivity index is 1.70. The van der Waals surface area contributed by atoms with Gasteiger partial charge in [0.1, 0.15) is 17.2 Å². The average molecular weight is 592 g/mol. The second kappa shape index (κ2) is 13.2. The summed E-state index contributed by atoms with van der Waals surface area (Å²) in [4.78, 5) is 38.3. The number of likely N-dealkylation sites (N-methyl/N-ethyl adjacent to an activating group) is 2. The van der Waals surface area contributed by atoms with Crippen molar-refractivity contribution in [3.8, 4) is 29.1 Å². The first kappa shape index (κ1) is 30.7. The number of anilines is 4. The number of nitrogens with zero attached hydrogens (tertiary/aromatic N) is 5. The van der Waals surface area contributed by atoms with Gasteiger partial charge in [-0.3, -0.25) is 14.2 Å². The lowest BCUT2D eigenvalue weighted by molar-refractivity contribution is -0.111. The van der Waals surface area contributed by atoms with E-state index in [9.17, 15) is 18.4 Å². The number of aromatic nitrogens is 3. The number of rotatable bonds is 10. The summed E-state index contributed by atoms with van der Waals surface area (Å²) in [5.74, 6) is 2.99. The van der Waals surface area contributed by atoms with Gasteiger partial charge in [-0.05, 0) is 51.2 Å². The fourth-order valence-corrected chi connectivity index (χ4v) is 4.14. The van der Waals surface area contributed by atoms with E-state index in [1.807, 2.05) is 30.9 Å². The van der Waals surface area contributed by atoms with E-state index in [2.05, 4.69) is 32.4 Å². The quantitative estimate of drug-likeness (QED) is 0.263. The fourth-order valence-electron chi connectivity index (χ4n) is 4.14. The SMILES string of the molecule is CC#CC(=O)Nc1cc(Nc2ncc3cc(Oc4ccc(F)cc4F)c(=O)n(C)c3n2)c(OC)cc1N(C)CCN(C)C. The van der Waals surface area contributed by atoms with Crippen LogP contribution in [0.2, 0.25) is 0 Å². The van der Waals surface area contributed by atoms with Crippen LogP contribution in [0.3, 0.4) is 0 Å². The Kier molecular flexibility index (Phi) is 9.42. The van der Waals surface area contributed by atoms with Crippen molar-refractivity contribution in [1.29, 1.82) is 0 Å². The van der Waals surface area contributed by atoms with Crippen LogP contribution >= 0.6 is 0 Å². The Morgan fingerprint density at radius 1 is 1.05 bits per heavy atom. The van der Waals surface area contributed by atoms with Gasteiger partial charge in [-0.15, -0.1) is 0 Å². The van der Waals surface area contributed by atoms with Crippen LogP contribution in [-0.2, 0) is 11.8 Å². The monoisotopic (exact) mass is 591 g/mol. The third kappa shape index (κ3) is 7.17. The van der Waals surface area contributed by atoms with Crippen molar-refractivity contribution >= 4 is 40.0 Å². The summed E-state index contributed by atoms with van der Waals surface area (Å²) in [6.07, 6.45) is 1.47. The Hall–Kier alpha value is -5.22. The van der Waals surface area contributed by atoms with E-state index < -0.39 is 23.1 Å². The zero-order valence-corrected chi connectivity index (χ0v) is 24.6. The highest BCUT2D eigenvalue weighted by Crippen LogP contribution is 2.38. The molecule has 0 fully saturated rings. The Morgan fingerprint density at radius 3 is 2.49 bits per heavy atom. The minimum absolute atomic E-state index is 0.137. The predicted molar refractivity (Wildman–Crippen MR) is 161 cm³/mol. The van der Waals surface area contributed by atoms with Gasteiger partial charge >= 0.3 is 0 Å². The first-order valence-electron chi connectivity index (χ1n) is 13.1. The van der Waals surface area contributed by atoms with E-state index in [1.165, 1.54) is 31.0 Å². The Bertz CT molecular complexity index is 1800. The third-order valence-corrected chi connectivity index (χ3v) is 6.37. The molecule has 0 aliphatic carbocycles. The molecule has 0 saturated heterocycles. The minimum atomic E-state index is -0.945. The summed E-state index contributed by atoms with van der Waals surface area (Å²) in [5.41, 5.74) is 1.32. The summed E-state index contributed by atoms with van der Waals surface area (Å²) in [6.45, 7) is 3.02. The summed E-state index contributed by atoms with van der Waals surface area (Å²) in [7, 11) is 8.85. The number of hydrogen-bond donors (Lipinski definition) is 2. The standard InChI is InChI=1S/C30H31F2N7O4/c1-7-8-27(40)34-21-15-22(25(42-6)16-23(21)38(4)12-11-37(2)3)35-30-33-17-18-13-26(29(41)39(5)28(18)36-30)43-24-10-9-19(31)14-20(24)32/h9-10,13-17H,11-12H2,1-6H3,(H,34,40)(H,33,35,36). The minimum Gasteiger partial charge on any atom is -0.494 e. The van der Waals surface area contributed by atoms with Gasteiger partial charge in [0.15, 0.2) is 17.3 Å². The van der Waals surface area contributed by atoms with Gasteiger partial charge in [0.25, 0.3) is 11.5 Å². The van der Waals surface area contributed by atoms with Crippen LogP contribution in [0.5, 0.6) is 17.2 Å². The maximum Gasteiger partial charge on any atom is 0.300 e. The van der Waals surface area contributed by atoms with Crippen LogP contribution in [0.1, 0.15) is 6.92 Å². The molecule has 1 amide bonds. The first-order valence-corrected chi connectivity index (χ1v) is 13.1. The Morgan fingerprint density at radius 2 is 1.81 bits per heavy atom. The molecule has 224 valence electrons. The second-order valence-corrected chi connectivity index (χ2v) is 9.77. The molecule has 13 heteroatoms. The van der Waals surface area contributed by atoms with Gasteiger partial charge in [0.05, 0.1) is 24.2 Å². The maximum atomic E-state index is 14.1. The second-order valence-electron chi connectivity index (χ2n) is 9.77. The van der Waals surface area contributed by atoms with Gasteiger partial charge in [0.2, 0.25) is 5.95 Å². The molecule has 2 aromatic carbocycles. The van der Waals surface area contributed by atoms with Crippen molar-refractivity contribution in [3.63, 3.8) is 0 Å². The van der Waals surface area contributed by atoms with E-state index >= 15 is 0 Å². The van der Waals surface area contributed by atoms with Gasteiger partial charge in [-0.2, -0.15) is 4.98 Å². The Labute approximate surface area is 247 Å². The number of nitrogens with one attached hydrogen (secondary N) is 2. The fraction of sp³-hybridized carbons (Fsp3) is 0.267. The maximum absolute atomic E-state index is 14.1. The summed E-state index contributed by atoms with van der Waals surface area (Å²) >= 11 is 0. The topological polar surface area (TPSA) is 114 Å². The number of methoxy groups -OCH3 is 1. The molecule has 0 saturated carbocycles. The molecule has 0 spiro atoms. The highest BCUT2D eigenvalue weighted by molar-refractivity contribution is 6.06. The van der Waals surface area contributed by atoms with E-state index in [0.29, 0.717) is 40.8 Å². The van der Waals surface area contributed by atoms with Crippen molar-refractivity contribution < 1.29 is 23.0 Å². The summed E-state index contributed by atoms with van der Waals surface area (Å²) < 4.78 is 39.7. The summed E-state index contributed by atoms with van der Waals surface area (Å²) in [6, 6.07) is 7.65. The summed E-state index contributed by atoms with van der Waals surface area (Å²) in [5, 5.41) is 6.36. The normalized spacial score (nSPS) is 10.7. The van der Waals surface area contributed by atoms with Crippen LogP contribution < -0.4 is 30.6 Å². The number of carbonyl (C=O) groups excluding carboxylic acids is 1. The molecule has 4 rings (SSSR count). The lowest BCUT2D eigenvalue weighted by Crippen LogP contribution is -2.29. The molecule has 4 aromatic rings. The van der Waals surface area contributed by atoms with E-state index in [-0.39, 0.29) is 23.1 Å². The van der Waals surface area contributed by atoms with Gasteiger partial charge in [0, 0.05) is 50.9 Å². The highest BCUT2D eigenvalue weighted by Gasteiger charge is 2.18. The van der Waals surface area contributed by atoms with Crippen molar-refractivity contribution in [2.75, 3.05) is 56.9 Å². The number of pyridine rings is 1. The van der Waals surface area contributed by atoms with Crippen LogP contribution in [-0.4, -0.2) is 66.7 Å². The van der Waals surface area contributed by atoms with Crippen LogP contribution in [0.25, 0.3) is 11.0 Å². The molecule has 0 radical (unpaired) electrons. The molecule has 0 aliphatic heterocycles. The molecule has 0 aliphatic rings. The van der Waals surface area contributed by atoms with Crippen molar-refractivity contribution in [1.82, 2.24) is 19.4 Å². The van der Waals surface area contributed by atoms with Crippen LogP contribution in [0, 0.1) is 23.5 Å². The number of amides is 1. The zero-order valence-electron chi connectivity index (χ0n) is 24.6. The first-order chi connectivity index (χ1) is 20.5. The molecule has 43 heavy (non-hydrogen) atoms. The molecule has 11 nitrogen and oxygen atoms in total. The number of benzene rings is 2. The van der Waals surface area contributed by atoms with E-state index in [4.69, 9.17) is 9.47 Å². The van der Waals surface area contributed by atoms with Crippen LogP contribution in [0.4, 0.5) is 31.8 Å². The van der Waals surface area contributed by atoms with Gasteiger partial charge < -0.3 is 29.9 Å². The number of halogens is 2. The van der Waals surface area contributed by atoms with Gasteiger partial charge in [-0.1, -0.05) is 5.92 Å². The molecular formula is C30H31F2N7O4. The smallest absolute Gasteiger partial charge is 0.300 e. The zero-order chi connectivity index (χ0) is 31.3. The lowest BCUT2D eigenvalue weighted by atomic mass is 10.2. The molecule has 2 aromatic heterocycles. The number of aryl methyl sites for hydroxylation is 1.